The number of hydrogen-bond acceptors (Lipinski definition) is 4. The van der Waals surface area contributed by atoms with Crippen LogP contribution in [0.3, 0.4) is 0 Å². The molecule has 0 amide bonds. The number of nitrogens with one attached hydrogen (secondary N) is 1. The van der Waals surface area contributed by atoms with Gasteiger partial charge in [-0.2, -0.15) is 9.57 Å². The normalized spacial score (nSPS) is 16.6. The molecule has 0 saturated carbocycles. The van der Waals surface area contributed by atoms with Gasteiger partial charge < -0.3 is 5.32 Å². The zero-order valence-electron chi connectivity index (χ0n) is 12.5. The molecule has 1 saturated heterocycles. The molecule has 7 heteroatoms. The molecule has 0 atom stereocenters. The van der Waals surface area contributed by atoms with Gasteiger partial charge >= 0.3 is 0 Å². The van der Waals surface area contributed by atoms with E-state index in [-0.39, 0.29) is 21.5 Å². The summed E-state index contributed by atoms with van der Waals surface area (Å²) < 4.78 is 27.5. The van der Waals surface area contributed by atoms with Crippen molar-refractivity contribution in [1.29, 1.82) is 5.26 Å². The van der Waals surface area contributed by atoms with Gasteiger partial charge in [0.2, 0.25) is 10.0 Å². The first-order chi connectivity index (χ1) is 10.5. The third kappa shape index (κ3) is 3.61. The second-order valence-electron chi connectivity index (χ2n) is 5.35. The number of nitriles is 1. The average molecular weight is 342 g/mol. The van der Waals surface area contributed by atoms with Gasteiger partial charge in [-0.05, 0) is 50.6 Å². The number of nitrogens with zero attached hydrogens (tertiary/aromatic N) is 2. The van der Waals surface area contributed by atoms with Crippen LogP contribution in [0.25, 0.3) is 0 Å². The number of halogens is 1. The summed E-state index contributed by atoms with van der Waals surface area (Å²) in [4.78, 5) is 0.139. The molecule has 0 unspecified atom stereocenters. The zero-order chi connectivity index (χ0) is 16.2. The van der Waals surface area contributed by atoms with Crippen molar-refractivity contribution in [1.82, 2.24) is 9.62 Å². The second kappa shape index (κ2) is 7.42. The fourth-order valence-electron chi connectivity index (χ4n) is 2.70. The number of piperidine rings is 1. The Kier molecular flexibility index (Phi) is 5.81. The van der Waals surface area contributed by atoms with Gasteiger partial charge in [-0.15, -0.1) is 0 Å². The summed E-state index contributed by atoms with van der Waals surface area (Å²) in [7, 11) is -3.62. The van der Waals surface area contributed by atoms with Crippen LogP contribution in [0.1, 0.15) is 31.7 Å². The van der Waals surface area contributed by atoms with Crippen molar-refractivity contribution >= 4 is 21.6 Å². The highest BCUT2D eigenvalue weighted by Gasteiger charge is 2.31. The second-order valence-corrected chi connectivity index (χ2v) is 7.65. The topological polar surface area (TPSA) is 73.2 Å². The van der Waals surface area contributed by atoms with Gasteiger partial charge in [-0.1, -0.05) is 18.5 Å². The van der Waals surface area contributed by atoms with E-state index in [1.54, 1.807) is 4.31 Å². The molecule has 1 N–H and O–H groups in total. The van der Waals surface area contributed by atoms with Crippen LogP contribution in [0, 0.1) is 11.3 Å². The standard InChI is InChI=1S/C15H20ClN3O2S/c1-2-9-19(13-5-7-18-8-6-13)22(20,21)14-3-4-15(16)12(10-14)11-17/h3-4,10,13,18H,2,5-9H2,1H3. The molecule has 22 heavy (non-hydrogen) atoms. The predicted molar refractivity (Wildman–Crippen MR) is 86.2 cm³/mol. The van der Waals surface area contributed by atoms with E-state index in [9.17, 15) is 8.42 Å². The van der Waals surface area contributed by atoms with E-state index in [1.165, 1.54) is 18.2 Å². The highest BCUT2D eigenvalue weighted by molar-refractivity contribution is 7.89. The maximum atomic E-state index is 13.0. The van der Waals surface area contributed by atoms with Gasteiger partial charge in [0.05, 0.1) is 15.5 Å². The van der Waals surface area contributed by atoms with Crippen molar-refractivity contribution in [2.75, 3.05) is 19.6 Å². The van der Waals surface area contributed by atoms with Crippen molar-refractivity contribution in [3.05, 3.63) is 28.8 Å². The van der Waals surface area contributed by atoms with Crippen LogP contribution >= 0.6 is 11.6 Å². The largest absolute Gasteiger partial charge is 0.317 e. The first-order valence-corrected chi connectivity index (χ1v) is 9.24. The Balaban J connectivity index is 2.38. The van der Waals surface area contributed by atoms with Crippen LogP contribution in [-0.4, -0.2) is 38.4 Å². The Morgan fingerprint density at radius 2 is 2.09 bits per heavy atom. The lowest BCUT2D eigenvalue weighted by Crippen LogP contribution is -2.46. The zero-order valence-corrected chi connectivity index (χ0v) is 14.1. The molecule has 1 fully saturated rings. The number of hydrogen-bond donors (Lipinski definition) is 1. The lowest BCUT2D eigenvalue weighted by atomic mass is 10.1. The Hall–Kier alpha value is -1.13. The quantitative estimate of drug-likeness (QED) is 0.892. The molecule has 1 aliphatic heterocycles. The van der Waals surface area contributed by atoms with Crippen molar-refractivity contribution in [2.45, 2.75) is 37.1 Å². The molecule has 0 bridgehead atoms. The van der Waals surface area contributed by atoms with Gasteiger partial charge in [-0.3, -0.25) is 0 Å². The molecule has 0 radical (unpaired) electrons. The Morgan fingerprint density at radius 3 is 2.68 bits per heavy atom. The van der Waals surface area contributed by atoms with Crippen molar-refractivity contribution < 1.29 is 8.42 Å². The highest BCUT2D eigenvalue weighted by Crippen LogP contribution is 2.26. The van der Waals surface area contributed by atoms with Crippen LogP contribution in [0.15, 0.2) is 23.1 Å². The van der Waals surface area contributed by atoms with E-state index in [4.69, 9.17) is 16.9 Å². The van der Waals surface area contributed by atoms with E-state index in [0.717, 1.165) is 32.4 Å². The summed E-state index contributed by atoms with van der Waals surface area (Å²) in [6, 6.07) is 6.25. The van der Waals surface area contributed by atoms with Crippen molar-refractivity contribution in [3.8, 4) is 6.07 Å². The van der Waals surface area contributed by atoms with Crippen LogP contribution in [0.4, 0.5) is 0 Å². The third-order valence-electron chi connectivity index (χ3n) is 3.82. The summed E-state index contributed by atoms with van der Waals surface area (Å²) in [6.45, 7) is 4.10. The number of rotatable bonds is 5. The fourth-order valence-corrected chi connectivity index (χ4v) is 4.66. The van der Waals surface area contributed by atoms with Gasteiger partial charge in [-0.25, -0.2) is 8.42 Å². The molecule has 0 spiro atoms. The molecule has 1 aromatic rings. The molecule has 1 aromatic carbocycles. The van der Waals surface area contributed by atoms with E-state index in [1.807, 2.05) is 13.0 Å². The van der Waals surface area contributed by atoms with Crippen LogP contribution in [0.5, 0.6) is 0 Å². The Bertz CT molecular complexity index is 664. The number of benzene rings is 1. The van der Waals surface area contributed by atoms with Crippen molar-refractivity contribution in [3.63, 3.8) is 0 Å². The van der Waals surface area contributed by atoms with E-state index in [0.29, 0.717) is 6.54 Å². The van der Waals surface area contributed by atoms with Crippen LogP contribution in [0.2, 0.25) is 5.02 Å². The first-order valence-electron chi connectivity index (χ1n) is 7.43. The van der Waals surface area contributed by atoms with Gasteiger partial charge in [0, 0.05) is 12.6 Å². The summed E-state index contributed by atoms with van der Waals surface area (Å²) in [5.74, 6) is 0. The molecule has 1 heterocycles. The minimum atomic E-state index is -3.62. The molecule has 5 nitrogen and oxygen atoms in total. The highest BCUT2D eigenvalue weighted by atomic mass is 35.5. The minimum absolute atomic E-state index is 0.00686. The van der Waals surface area contributed by atoms with Crippen LogP contribution in [-0.2, 0) is 10.0 Å². The molecule has 1 aliphatic rings. The smallest absolute Gasteiger partial charge is 0.243 e. The maximum absolute atomic E-state index is 13.0. The summed E-state index contributed by atoms with van der Waals surface area (Å²) in [5, 5.41) is 12.6. The van der Waals surface area contributed by atoms with Gasteiger partial charge in [0.15, 0.2) is 0 Å². The first kappa shape index (κ1) is 17.2. The minimum Gasteiger partial charge on any atom is -0.317 e. The average Bonchev–Trinajstić information content (AvgIpc) is 2.53. The molecule has 0 aliphatic carbocycles. The van der Waals surface area contributed by atoms with Gasteiger partial charge in [0.25, 0.3) is 0 Å². The fraction of sp³-hybridized carbons (Fsp3) is 0.533. The van der Waals surface area contributed by atoms with E-state index < -0.39 is 10.0 Å². The van der Waals surface area contributed by atoms with Crippen LogP contribution < -0.4 is 5.32 Å². The number of sulfonamides is 1. The maximum Gasteiger partial charge on any atom is 0.243 e. The molecule has 120 valence electrons. The molecule has 2 rings (SSSR count). The molecular formula is C15H20ClN3O2S. The Labute approximate surface area is 136 Å². The summed E-state index contributed by atoms with van der Waals surface area (Å²) >= 11 is 5.90. The monoisotopic (exact) mass is 341 g/mol. The summed E-state index contributed by atoms with van der Waals surface area (Å²) in [5.41, 5.74) is 0.185. The molecular weight excluding hydrogens is 322 g/mol. The Morgan fingerprint density at radius 1 is 1.41 bits per heavy atom. The van der Waals surface area contributed by atoms with E-state index in [2.05, 4.69) is 5.32 Å². The lowest BCUT2D eigenvalue weighted by Gasteiger charge is -2.33. The lowest BCUT2D eigenvalue weighted by molar-refractivity contribution is 0.262. The SMILES string of the molecule is CCCN(C1CCNCC1)S(=O)(=O)c1ccc(Cl)c(C#N)c1. The van der Waals surface area contributed by atoms with E-state index >= 15 is 0 Å². The molecule has 0 aromatic heterocycles. The van der Waals surface area contributed by atoms with Crippen molar-refractivity contribution in [2.24, 2.45) is 0 Å². The predicted octanol–water partition coefficient (Wildman–Crippen LogP) is 2.36. The third-order valence-corrected chi connectivity index (χ3v) is 6.10. The van der Waals surface area contributed by atoms with Gasteiger partial charge in [0.1, 0.15) is 6.07 Å². The summed E-state index contributed by atoms with van der Waals surface area (Å²) in [6.07, 6.45) is 2.36.